The first-order valence-electron chi connectivity index (χ1n) is 8.95. The van der Waals surface area contributed by atoms with E-state index in [-0.39, 0.29) is 6.04 Å². The van der Waals surface area contributed by atoms with Gasteiger partial charge in [-0.15, -0.1) is 0 Å². The molecule has 2 nitrogen and oxygen atoms in total. The Morgan fingerprint density at radius 1 is 0.846 bits per heavy atom. The van der Waals surface area contributed by atoms with Crippen molar-refractivity contribution in [2.24, 2.45) is 4.99 Å². The van der Waals surface area contributed by atoms with Crippen molar-refractivity contribution in [2.45, 2.75) is 13.0 Å². The molecule has 1 aliphatic rings. The minimum absolute atomic E-state index is 0.206. The highest BCUT2D eigenvalue weighted by atomic mass is 31.1. The van der Waals surface area contributed by atoms with Gasteiger partial charge >= 0.3 is 0 Å². The third-order valence-corrected chi connectivity index (χ3v) is 7.17. The van der Waals surface area contributed by atoms with Gasteiger partial charge in [0.15, 0.2) is 0 Å². The van der Waals surface area contributed by atoms with Crippen LogP contribution in [0.25, 0.3) is 0 Å². The summed E-state index contributed by atoms with van der Waals surface area (Å²) in [5.41, 5.74) is 2.32. The van der Waals surface area contributed by atoms with Crippen molar-refractivity contribution in [1.29, 1.82) is 0 Å². The van der Waals surface area contributed by atoms with Crippen LogP contribution in [0.3, 0.4) is 0 Å². The number of hydrogen-bond donors (Lipinski definition) is 0. The van der Waals surface area contributed by atoms with Crippen LogP contribution in [0.5, 0.6) is 0 Å². The summed E-state index contributed by atoms with van der Waals surface area (Å²) >= 11 is 0. The topological polar surface area (TPSA) is 21.6 Å². The summed E-state index contributed by atoms with van der Waals surface area (Å²) in [4.78, 5) is 4.89. The molecule has 0 bridgehead atoms. The zero-order valence-electron chi connectivity index (χ0n) is 14.9. The van der Waals surface area contributed by atoms with Gasteiger partial charge < -0.3 is 4.74 Å². The van der Waals surface area contributed by atoms with Gasteiger partial charge in [0, 0.05) is 11.7 Å². The predicted octanol–water partition coefficient (Wildman–Crippen LogP) is 4.27. The highest BCUT2D eigenvalue weighted by Gasteiger charge is 2.25. The van der Waals surface area contributed by atoms with Crippen molar-refractivity contribution in [2.75, 3.05) is 12.8 Å². The summed E-state index contributed by atoms with van der Waals surface area (Å²) < 4.78 is 5.92. The molecule has 1 aliphatic heterocycles. The fourth-order valence-electron chi connectivity index (χ4n) is 3.15. The van der Waals surface area contributed by atoms with Crippen LogP contribution < -0.4 is 10.6 Å². The maximum absolute atomic E-state index is 5.92. The number of aryl methyl sites for hydroxylation is 1. The van der Waals surface area contributed by atoms with Crippen LogP contribution in [0.4, 0.5) is 0 Å². The second kappa shape index (κ2) is 7.85. The van der Waals surface area contributed by atoms with Crippen LogP contribution in [0.15, 0.2) is 89.9 Å². The van der Waals surface area contributed by atoms with Gasteiger partial charge in [0.25, 0.3) is 0 Å². The largest absolute Gasteiger partial charge is 0.475 e. The molecule has 3 aromatic carbocycles. The summed E-state index contributed by atoms with van der Waals surface area (Å²) in [7, 11) is -0.442. The number of ether oxygens (including phenoxy) is 1. The van der Waals surface area contributed by atoms with Crippen LogP contribution in [-0.4, -0.2) is 24.7 Å². The van der Waals surface area contributed by atoms with Gasteiger partial charge in [-0.05, 0) is 37.6 Å². The molecule has 0 amide bonds. The summed E-state index contributed by atoms with van der Waals surface area (Å²) in [5.74, 6) is 0.783. The van der Waals surface area contributed by atoms with Crippen LogP contribution in [0.2, 0.25) is 0 Å². The van der Waals surface area contributed by atoms with E-state index in [1.165, 1.54) is 16.2 Å². The molecule has 0 spiro atoms. The van der Waals surface area contributed by atoms with E-state index in [0.717, 1.165) is 17.6 Å². The molecule has 0 aromatic heterocycles. The van der Waals surface area contributed by atoms with E-state index >= 15 is 0 Å². The smallest absolute Gasteiger partial charge is 0.216 e. The molecule has 3 aromatic rings. The van der Waals surface area contributed by atoms with Gasteiger partial charge in [-0.25, -0.2) is 4.99 Å². The monoisotopic (exact) mass is 359 g/mol. The van der Waals surface area contributed by atoms with Crippen molar-refractivity contribution in [3.05, 3.63) is 96.1 Å². The number of hydrogen-bond acceptors (Lipinski definition) is 2. The Labute approximate surface area is 156 Å². The van der Waals surface area contributed by atoms with Crippen molar-refractivity contribution >= 4 is 24.4 Å². The van der Waals surface area contributed by atoms with E-state index in [1.807, 2.05) is 0 Å². The van der Waals surface area contributed by atoms with Crippen LogP contribution >= 0.6 is 7.92 Å². The maximum atomic E-state index is 5.92. The Kier molecular flexibility index (Phi) is 5.13. The number of aliphatic imine (C=N–C) groups is 1. The first kappa shape index (κ1) is 17.0. The fraction of sp³-hybridized carbons (Fsp3) is 0.174. The zero-order chi connectivity index (χ0) is 17.8. The zero-order valence-corrected chi connectivity index (χ0v) is 15.8. The number of benzene rings is 3. The Morgan fingerprint density at radius 3 is 2.00 bits per heavy atom. The summed E-state index contributed by atoms with van der Waals surface area (Å²) in [6, 6.07) is 30.2. The molecule has 1 atom stereocenters. The quantitative estimate of drug-likeness (QED) is 0.624. The molecule has 0 fully saturated rings. The minimum Gasteiger partial charge on any atom is -0.475 e. The average Bonchev–Trinajstić information content (AvgIpc) is 3.17. The summed E-state index contributed by atoms with van der Waals surface area (Å²) in [6.07, 6.45) is 1.01. The second-order valence-electron chi connectivity index (χ2n) is 6.55. The molecular formula is C23H22NOP. The lowest BCUT2D eigenvalue weighted by molar-refractivity contribution is 0.325. The van der Waals surface area contributed by atoms with Crippen molar-refractivity contribution < 1.29 is 4.74 Å². The SMILES string of the molecule is Cc1ccc(C2=N[C@H](CP(c3ccccc3)c3ccccc3)CO2)cc1. The first-order chi connectivity index (χ1) is 12.8. The second-order valence-corrected chi connectivity index (χ2v) is 8.80. The highest BCUT2D eigenvalue weighted by Crippen LogP contribution is 2.36. The van der Waals surface area contributed by atoms with E-state index in [4.69, 9.17) is 9.73 Å². The molecule has 0 unspecified atom stereocenters. The highest BCUT2D eigenvalue weighted by molar-refractivity contribution is 7.73. The van der Waals surface area contributed by atoms with Crippen molar-refractivity contribution in [1.82, 2.24) is 0 Å². The predicted molar refractivity (Wildman–Crippen MR) is 111 cm³/mol. The molecule has 26 heavy (non-hydrogen) atoms. The molecule has 4 rings (SSSR count). The third-order valence-electron chi connectivity index (χ3n) is 4.54. The van der Waals surface area contributed by atoms with E-state index in [2.05, 4.69) is 91.9 Å². The Bertz CT molecular complexity index is 836. The van der Waals surface area contributed by atoms with Gasteiger partial charge in [-0.2, -0.15) is 0 Å². The molecule has 0 saturated carbocycles. The molecule has 0 radical (unpaired) electrons. The van der Waals surface area contributed by atoms with Crippen LogP contribution in [0, 0.1) is 6.92 Å². The van der Waals surface area contributed by atoms with Gasteiger partial charge in [0.2, 0.25) is 5.90 Å². The minimum atomic E-state index is -0.442. The van der Waals surface area contributed by atoms with E-state index in [9.17, 15) is 0 Å². The summed E-state index contributed by atoms with van der Waals surface area (Å²) in [5, 5.41) is 2.79. The molecule has 130 valence electrons. The van der Waals surface area contributed by atoms with Gasteiger partial charge in [-0.3, -0.25) is 0 Å². The molecule has 0 aliphatic carbocycles. The Balaban J connectivity index is 1.58. The molecule has 1 heterocycles. The van der Waals surface area contributed by atoms with E-state index < -0.39 is 7.92 Å². The van der Waals surface area contributed by atoms with Crippen LogP contribution in [0.1, 0.15) is 11.1 Å². The normalized spacial score (nSPS) is 16.4. The molecule has 0 N–H and O–H groups in total. The average molecular weight is 359 g/mol. The van der Waals surface area contributed by atoms with E-state index in [1.54, 1.807) is 0 Å². The molecule has 0 saturated heterocycles. The first-order valence-corrected chi connectivity index (χ1v) is 10.5. The Morgan fingerprint density at radius 2 is 1.42 bits per heavy atom. The molecular weight excluding hydrogens is 337 g/mol. The number of nitrogens with zero attached hydrogens (tertiary/aromatic N) is 1. The Hall–Kier alpha value is -2.44. The lowest BCUT2D eigenvalue weighted by atomic mass is 10.1. The van der Waals surface area contributed by atoms with E-state index in [0.29, 0.717) is 6.61 Å². The standard InChI is InChI=1S/C23H22NOP/c1-18-12-14-19(15-13-18)23-24-20(16-25-23)17-26(21-8-4-2-5-9-21)22-10-6-3-7-11-22/h2-15,20H,16-17H2,1H3/t20-/m0/s1. The van der Waals surface area contributed by atoms with Crippen LogP contribution in [-0.2, 0) is 4.74 Å². The lowest BCUT2D eigenvalue weighted by Crippen LogP contribution is -2.21. The third kappa shape index (κ3) is 3.86. The van der Waals surface area contributed by atoms with Crippen molar-refractivity contribution in [3.8, 4) is 0 Å². The summed E-state index contributed by atoms with van der Waals surface area (Å²) in [6.45, 7) is 2.76. The van der Waals surface area contributed by atoms with Gasteiger partial charge in [-0.1, -0.05) is 78.4 Å². The fourth-order valence-corrected chi connectivity index (χ4v) is 5.54. The maximum Gasteiger partial charge on any atom is 0.216 e. The number of rotatable bonds is 5. The lowest BCUT2D eigenvalue weighted by Gasteiger charge is -2.20. The van der Waals surface area contributed by atoms with Gasteiger partial charge in [0.1, 0.15) is 6.61 Å². The van der Waals surface area contributed by atoms with Gasteiger partial charge in [0.05, 0.1) is 6.04 Å². The molecule has 3 heteroatoms. The van der Waals surface area contributed by atoms with Crippen molar-refractivity contribution in [3.63, 3.8) is 0 Å².